The summed E-state index contributed by atoms with van der Waals surface area (Å²) in [5, 5.41) is 0. The summed E-state index contributed by atoms with van der Waals surface area (Å²) in [6.45, 7) is 13.4. The van der Waals surface area contributed by atoms with Gasteiger partial charge in [0, 0.05) is 28.1 Å². The normalized spacial score (nSPS) is 11.1. The molecule has 15 heavy (non-hydrogen) atoms. The molecule has 1 nitrogen and oxygen atoms in total. The maximum absolute atomic E-state index is 2.28. The molecule has 0 radical (unpaired) electrons. The molecule has 0 amide bonds. The van der Waals surface area contributed by atoms with Crippen LogP contribution in [0.2, 0.25) is 0 Å². The second kappa shape index (κ2) is 4.78. The van der Waals surface area contributed by atoms with Crippen molar-refractivity contribution in [3.05, 3.63) is 28.9 Å². The van der Waals surface area contributed by atoms with Gasteiger partial charge in [0.25, 0.3) is 0 Å². The van der Waals surface area contributed by atoms with E-state index in [4.69, 9.17) is 0 Å². The molecule has 1 heterocycles. The van der Waals surface area contributed by atoms with Crippen LogP contribution in [0.25, 0.3) is 0 Å². The van der Waals surface area contributed by atoms with Gasteiger partial charge in [0.05, 0.1) is 0 Å². The minimum Gasteiger partial charge on any atom is -0.385 e. The van der Waals surface area contributed by atoms with Gasteiger partial charge in [0.15, 0.2) is 0 Å². The van der Waals surface area contributed by atoms with Crippen LogP contribution < -0.4 is 0 Å². The zero-order chi connectivity index (χ0) is 11.1. The molecule has 1 rings (SSSR count). The molecule has 0 aliphatic carbocycles. The summed E-state index contributed by atoms with van der Waals surface area (Å²) in [5.41, 5.74) is 4.52. The molecule has 2 heteroatoms. The van der Waals surface area contributed by atoms with Crippen LogP contribution in [0.15, 0.2) is 6.20 Å². The largest absolute Gasteiger partial charge is 0.385 e. The fourth-order valence-electron chi connectivity index (χ4n) is 2.33. The molecule has 0 saturated carbocycles. The summed E-state index contributed by atoms with van der Waals surface area (Å²) in [6.07, 6.45) is 2.23. The number of nitrogens with zero attached hydrogens (tertiary/aromatic N) is 1. The van der Waals surface area contributed by atoms with E-state index in [1.54, 1.807) is 0 Å². The van der Waals surface area contributed by atoms with Crippen LogP contribution in [0.1, 0.15) is 51.4 Å². The Bertz CT molecular complexity index is 329. The Kier molecular flexibility index (Phi) is 4.73. The second-order valence-corrected chi connectivity index (χ2v) is 5.40. The Balaban J connectivity index is 0.00000196. The van der Waals surface area contributed by atoms with Gasteiger partial charge in [-0.3, -0.25) is 0 Å². The van der Waals surface area contributed by atoms with Crippen molar-refractivity contribution in [2.45, 2.75) is 47.0 Å². The first kappa shape index (κ1) is 14.8. The fraction of sp³-hybridized carbons (Fsp3) is 0.615. The predicted molar refractivity (Wildman–Crippen MR) is 62.5 cm³/mol. The van der Waals surface area contributed by atoms with E-state index < -0.39 is 0 Å². The second-order valence-electron chi connectivity index (χ2n) is 5.40. The van der Waals surface area contributed by atoms with E-state index in [9.17, 15) is 0 Å². The van der Waals surface area contributed by atoms with Crippen LogP contribution in [0.5, 0.6) is 0 Å². The molecule has 0 saturated heterocycles. The summed E-state index contributed by atoms with van der Waals surface area (Å²) >= 11 is 0. The molecule has 0 atom stereocenters. The smallest absolute Gasteiger partial charge is 0.00782 e. The van der Waals surface area contributed by atoms with Gasteiger partial charge in [-0.05, 0) is 6.20 Å². The first-order valence-electron chi connectivity index (χ1n) is 5.22. The van der Waals surface area contributed by atoms with E-state index in [2.05, 4.69) is 59.4 Å². The van der Waals surface area contributed by atoms with Gasteiger partial charge in [-0.25, -0.2) is 0 Å². The number of hydrogen-bond acceptors (Lipinski definition) is 0. The molecule has 0 aromatic carbocycles. The van der Waals surface area contributed by atoms with Gasteiger partial charge in [-0.2, -0.15) is 11.5 Å². The fourth-order valence-corrected chi connectivity index (χ4v) is 2.33. The maximum Gasteiger partial charge on any atom is 0.00782 e. The number of aryl methyl sites for hydroxylation is 2. The van der Waals surface area contributed by atoms with Gasteiger partial charge in [-0.1, -0.05) is 33.1 Å². The van der Waals surface area contributed by atoms with Crippen molar-refractivity contribution in [1.82, 2.24) is 4.57 Å². The summed E-state index contributed by atoms with van der Waals surface area (Å²) in [4.78, 5) is 0. The SMILES string of the molecule is Cc1cn(C)c([C-](C)C)c1C(C)(C)C.[W]. The van der Waals surface area contributed by atoms with E-state index in [-0.39, 0.29) is 26.5 Å². The molecule has 0 aliphatic heterocycles. The van der Waals surface area contributed by atoms with Crippen molar-refractivity contribution in [1.29, 1.82) is 0 Å². The minimum atomic E-state index is 0. The van der Waals surface area contributed by atoms with Crippen molar-refractivity contribution in [2.24, 2.45) is 7.05 Å². The van der Waals surface area contributed by atoms with E-state index in [1.807, 2.05) is 0 Å². The zero-order valence-corrected chi connectivity index (χ0v) is 13.9. The van der Waals surface area contributed by atoms with E-state index >= 15 is 0 Å². The Morgan fingerprint density at radius 1 is 1.20 bits per heavy atom. The van der Waals surface area contributed by atoms with E-state index in [0.29, 0.717) is 0 Å². The first-order chi connectivity index (χ1) is 6.25. The van der Waals surface area contributed by atoms with Crippen molar-refractivity contribution in [2.75, 3.05) is 0 Å². The molecule has 86 valence electrons. The van der Waals surface area contributed by atoms with Crippen LogP contribution in [0.3, 0.4) is 0 Å². The summed E-state index contributed by atoms with van der Waals surface area (Å²) < 4.78 is 2.24. The minimum absolute atomic E-state index is 0. The maximum atomic E-state index is 2.28. The van der Waals surface area contributed by atoms with Crippen molar-refractivity contribution >= 4 is 0 Å². The number of aromatic nitrogens is 1. The monoisotopic (exact) mass is 376 g/mol. The van der Waals surface area contributed by atoms with Crippen molar-refractivity contribution < 1.29 is 21.1 Å². The molecule has 1 aromatic heterocycles. The third-order valence-corrected chi connectivity index (χ3v) is 2.59. The van der Waals surface area contributed by atoms with Gasteiger partial charge in [-0.15, -0.1) is 25.1 Å². The first-order valence-corrected chi connectivity index (χ1v) is 5.22. The topological polar surface area (TPSA) is 4.93 Å². The third kappa shape index (κ3) is 2.90. The van der Waals surface area contributed by atoms with Gasteiger partial charge in [0.1, 0.15) is 0 Å². The average Bonchev–Trinajstić information content (AvgIpc) is 2.23. The van der Waals surface area contributed by atoms with Crippen LogP contribution in [0.4, 0.5) is 0 Å². The number of rotatable bonds is 1. The van der Waals surface area contributed by atoms with Crippen molar-refractivity contribution in [3.8, 4) is 0 Å². The third-order valence-electron chi connectivity index (χ3n) is 2.59. The van der Waals surface area contributed by atoms with Gasteiger partial charge < -0.3 is 4.57 Å². The van der Waals surface area contributed by atoms with E-state index in [0.717, 1.165) is 0 Å². The molecule has 0 fully saturated rings. The molecule has 0 aliphatic rings. The summed E-state index contributed by atoms with van der Waals surface area (Å²) in [7, 11) is 2.13. The molecular weight excluding hydrogens is 354 g/mol. The van der Waals surface area contributed by atoms with E-state index in [1.165, 1.54) is 22.7 Å². The molecule has 0 spiro atoms. The van der Waals surface area contributed by atoms with Gasteiger partial charge >= 0.3 is 0 Å². The quantitative estimate of drug-likeness (QED) is 0.661. The molecule has 1 aromatic rings. The molecule has 0 N–H and O–H groups in total. The average molecular weight is 376 g/mol. The summed E-state index contributed by atoms with van der Waals surface area (Å²) in [5.74, 6) is 1.39. The summed E-state index contributed by atoms with van der Waals surface area (Å²) in [6, 6.07) is 0. The van der Waals surface area contributed by atoms with Crippen LogP contribution in [-0.4, -0.2) is 4.57 Å². The van der Waals surface area contributed by atoms with Crippen LogP contribution >= 0.6 is 0 Å². The molecule has 0 bridgehead atoms. The Morgan fingerprint density at radius 3 is 1.93 bits per heavy atom. The Morgan fingerprint density at radius 2 is 1.67 bits per heavy atom. The molecule has 0 unspecified atom stereocenters. The standard InChI is InChI=1S/C13H22N.W/c1-9(2)12-11(13(4,5)6)10(3)8-14(12)7;/h8H,1-7H3;/q-1;. The number of hydrogen-bond donors (Lipinski definition) is 0. The Hall–Kier alpha value is -0.162. The van der Waals surface area contributed by atoms with Crippen molar-refractivity contribution in [3.63, 3.8) is 0 Å². The van der Waals surface area contributed by atoms with Crippen LogP contribution in [0, 0.1) is 12.8 Å². The zero-order valence-electron chi connectivity index (χ0n) is 10.9. The van der Waals surface area contributed by atoms with Crippen LogP contribution in [-0.2, 0) is 33.5 Å². The predicted octanol–water partition coefficient (Wildman–Crippen LogP) is 3.59. The Labute approximate surface area is 109 Å². The van der Waals surface area contributed by atoms with Gasteiger partial charge in [0.2, 0.25) is 0 Å². The molecular formula is C13H22NW-.